The van der Waals surface area contributed by atoms with Crippen molar-refractivity contribution in [3.8, 4) is 0 Å². The molecular formula is C12H15BrF2N2O3S. The Labute approximate surface area is 130 Å². The van der Waals surface area contributed by atoms with Gasteiger partial charge in [-0.3, -0.25) is 4.79 Å². The smallest absolute Gasteiger partial charge is 0.244 e. The van der Waals surface area contributed by atoms with Crippen LogP contribution in [-0.4, -0.2) is 26.9 Å². The second kappa shape index (κ2) is 7.28. The highest BCUT2D eigenvalue weighted by molar-refractivity contribution is 9.10. The molecule has 0 unspecified atom stereocenters. The standard InChI is InChI=1S/C12H15BrF2N2O3S/c1-7(2)17-11(18)3-4-16-21(19,20)12-9(13)5-8(14)6-10(12)15/h5-7,16H,3-4H2,1-2H3,(H,17,18). The predicted molar refractivity (Wildman–Crippen MR) is 77.1 cm³/mol. The van der Waals surface area contributed by atoms with E-state index in [4.69, 9.17) is 0 Å². The maximum atomic E-state index is 13.6. The summed E-state index contributed by atoms with van der Waals surface area (Å²) in [6.07, 6.45) is -0.0855. The largest absolute Gasteiger partial charge is 0.354 e. The zero-order chi connectivity index (χ0) is 16.2. The van der Waals surface area contributed by atoms with Gasteiger partial charge in [-0.15, -0.1) is 0 Å². The minimum Gasteiger partial charge on any atom is -0.354 e. The summed E-state index contributed by atoms with van der Waals surface area (Å²) in [7, 11) is -4.18. The summed E-state index contributed by atoms with van der Waals surface area (Å²) in [5.41, 5.74) is 0. The Morgan fingerprint density at radius 2 is 1.95 bits per heavy atom. The van der Waals surface area contributed by atoms with E-state index < -0.39 is 26.6 Å². The molecule has 0 saturated heterocycles. The fourth-order valence-corrected chi connectivity index (χ4v) is 3.74. The molecule has 0 bridgehead atoms. The Kier molecular flexibility index (Phi) is 6.24. The fraction of sp³-hybridized carbons (Fsp3) is 0.417. The van der Waals surface area contributed by atoms with Crippen LogP contribution >= 0.6 is 15.9 Å². The van der Waals surface area contributed by atoms with Crippen LogP contribution in [0, 0.1) is 11.6 Å². The summed E-state index contributed by atoms with van der Waals surface area (Å²) < 4.78 is 52.3. The second-order valence-corrected chi connectivity index (χ2v) is 7.13. The normalized spacial score (nSPS) is 11.7. The average Bonchev–Trinajstić information content (AvgIpc) is 2.24. The maximum Gasteiger partial charge on any atom is 0.244 e. The molecule has 1 aromatic rings. The lowest BCUT2D eigenvalue weighted by molar-refractivity contribution is -0.121. The van der Waals surface area contributed by atoms with Crippen LogP contribution in [-0.2, 0) is 14.8 Å². The van der Waals surface area contributed by atoms with Gasteiger partial charge in [0.2, 0.25) is 15.9 Å². The number of sulfonamides is 1. The van der Waals surface area contributed by atoms with Gasteiger partial charge in [0.15, 0.2) is 0 Å². The summed E-state index contributed by atoms with van der Waals surface area (Å²) in [4.78, 5) is 10.7. The Morgan fingerprint density at radius 1 is 1.33 bits per heavy atom. The van der Waals surface area contributed by atoms with Crippen molar-refractivity contribution in [2.75, 3.05) is 6.54 Å². The van der Waals surface area contributed by atoms with E-state index in [0.29, 0.717) is 6.07 Å². The molecule has 0 spiro atoms. The van der Waals surface area contributed by atoms with Crippen LogP contribution in [0.2, 0.25) is 0 Å². The van der Waals surface area contributed by atoms with Gasteiger partial charge >= 0.3 is 0 Å². The summed E-state index contributed by atoms with van der Waals surface area (Å²) in [5, 5.41) is 2.59. The van der Waals surface area contributed by atoms with Crippen molar-refractivity contribution in [2.24, 2.45) is 0 Å². The Balaban J connectivity index is 2.77. The van der Waals surface area contributed by atoms with E-state index in [9.17, 15) is 22.0 Å². The number of nitrogens with one attached hydrogen (secondary N) is 2. The predicted octanol–water partition coefficient (Wildman–Crippen LogP) is 1.92. The first kappa shape index (κ1) is 18.0. The summed E-state index contributed by atoms with van der Waals surface area (Å²) >= 11 is 2.81. The number of amides is 1. The molecule has 1 rings (SSSR count). The molecule has 0 aliphatic heterocycles. The van der Waals surface area contributed by atoms with Gasteiger partial charge < -0.3 is 5.32 Å². The van der Waals surface area contributed by atoms with E-state index in [1.54, 1.807) is 13.8 Å². The number of halogens is 3. The van der Waals surface area contributed by atoms with Crippen molar-refractivity contribution in [1.29, 1.82) is 0 Å². The van der Waals surface area contributed by atoms with Crippen molar-refractivity contribution in [3.63, 3.8) is 0 Å². The van der Waals surface area contributed by atoms with E-state index in [-0.39, 0.29) is 29.4 Å². The lowest BCUT2D eigenvalue weighted by Crippen LogP contribution is -2.34. The SMILES string of the molecule is CC(C)NC(=O)CCNS(=O)(=O)c1c(F)cc(F)cc1Br. The minimum atomic E-state index is -4.18. The molecule has 118 valence electrons. The molecular weight excluding hydrogens is 370 g/mol. The molecule has 9 heteroatoms. The molecule has 0 aliphatic rings. The van der Waals surface area contributed by atoms with Crippen LogP contribution in [0.3, 0.4) is 0 Å². The van der Waals surface area contributed by atoms with E-state index >= 15 is 0 Å². The van der Waals surface area contributed by atoms with Crippen molar-refractivity contribution < 1.29 is 22.0 Å². The van der Waals surface area contributed by atoms with Gasteiger partial charge in [-0.25, -0.2) is 21.9 Å². The van der Waals surface area contributed by atoms with Crippen LogP contribution in [0.5, 0.6) is 0 Å². The highest BCUT2D eigenvalue weighted by Crippen LogP contribution is 2.25. The third-order valence-corrected chi connectivity index (χ3v) is 4.75. The monoisotopic (exact) mass is 384 g/mol. The summed E-state index contributed by atoms with van der Waals surface area (Å²) in [6.45, 7) is 3.35. The lowest BCUT2D eigenvalue weighted by atomic mass is 10.3. The van der Waals surface area contributed by atoms with Crippen molar-refractivity contribution in [3.05, 3.63) is 28.2 Å². The molecule has 0 aromatic heterocycles. The Morgan fingerprint density at radius 3 is 2.48 bits per heavy atom. The van der Waals surface area contributed by atoms with Gasteiger partial charge in [-0.1, -0.05) is 0 Å². The first-order chi connectivity index (χ1) is 9.63. The number of benzene rings is 1. The topological polar surface area (TPSA) is 75.3 Å². The number of hydrogen-bond donors (Lipinski definition) is 2. The average molecular weight is 385 g/mol. The number of hydrogen-bond acceptors (Lipinski definition) is 3. The first-order valence-electron chi connectivity index (χ1n) is 6.07. The fourth-order valence-electron chi connectivity index (χ4n) is 1.55. The van der Waals surface area contributed by atoms with Gasteiger partial charge in [0.05, 0.1) is 0 Å². The van der Waals surface area contributed by atoms with E-state index in [0.717, 1.165) is 6.07 Å². The first-order valence-corrected chi connectivity index (χ1v) is 8.34. The van der Waals surface area contributed by atoms with Crippen LogP contribution in [0.4, 0.5) is 8.78 Å². The molecule has 0 atom stereocenters. The van der Waals surface area contributed by atoms with Gasteiger partial charge in [0.25, 0.3) is 0 Å². The highest BCUT2D eigenvalue weighted by atomic mass is 79.9. The van der Waals surface area contributed by atoms with Gasteiger partial charge in [-0.2, -0.15) is 0 Å². The zero-order valence-electron chi connectivity index (χ0n) is 11.4. The van der Waals surface area contributed by atoms with Gasteiger partial charge in [0.1, 0.15) is 16.5 Å². The lowest BCUT2D eigenvalue weighted by Gasteiger charge is -2.11. The van der Waals surface area contributed by atoms with Crippen molar-refractivity contribution >= 4 is 31.9 Å². The number of carbonyl (C=O) groups excluding carboxylic acids is 1. The Hall–Kier alpha value is -1.06. The van der Waals surface area contributed by atoms with Gasteiger partial charge in [-0.05, 0) is 35.8 Å². The van der Waals surface area contributed by atoms with E-state index in [2.05, 4.69) is 26.0 Å². The van der Waals surface area contributed by atoms with Crippen LogP contribution in [0.25, 0.3) is 0 Å². The van der Waals surface area contributed by atoms with Crippen molar-refractivity contribution in [1.82, 2.24) is 10.0 Å². The zero-order valence-corrected chi connectivity index (χ0v) is 13.8. The van der Waals surface area contributed by atoms with Crippen LogP contribution in [0.15, 0.2) is 21.5 Å². The van der Waals surface area contributed by atoms with E-state index in [1.807, 2.05) is 0 Å². The maximum absolute atomic E-state index is 13.6. The molecule has 1 amide bonds. The minimum absolute atomic E-state index is 0.0576. The highest BCUT2D eigenvalue weighted by Gasteiger charge is 2.23. The molecule has 21 heavy (non-hydrogen) atoms. The summed E-state index contributed by atoms with van der Waals surface area (Å²) in [5.74, 6) is -2.43. The molecule has 0 aliphatic carbocycles. The molecule has 0 fully saturated rings. The quantitative estimate of drug-likeness (QED) is 0.786. The van der Waals surface area contributed by atoms with Gasteiger partial charge in [0, 0.05) is 29.5 Å². The molecule has 0 saturated carbocycles. The second-order valence-electron chi connectivity index (χ2n) is 4.57. The molecule has 1 aromatic carbocycles. The third-order valence-electron chi connectivity index (χ3n) is 2.33. The molecule has 5 nitrogen and oxygen atoms in total. The van der Waals surface area contributed by atoms with Crippen LogP contribution < -0.4 is 10.0 Å². The Bertz CT molecular complexity index is 612. The molecule has 0 heterocycles. The third kappa shape index (κ3) is 5.33. The van der Waals surface area contributed by atoms with Crippen molar-refractivity contribution in [2.45, 2.75) is 31.2 Å². The number of rotatable bonds is 6. The molecule has 0 radical (unpaired) electrons. The van der Waals surface area contributed by atoms with E-state index in [1.165, 1.54) is 0 Å². The van der Waals surface area contributed by atoms with Crippen LogP contribution in [0.1, 0.15) is 20.3 Å². The number of carbonyl (C=O) groups is 1. The molecule has 2 N–H and O–H groups in total. The summed E-state index contributed by atoms with van der Waals surface area (Å²) in [6, 6.07) is 1.27.